The molecule has 0 aliphatic heterocycles. The molecule has 0 aromatic carbocycles. The summed E-state index contributed by atoms with van der Waals surface area (Å²) in [4.78, 5) is 12.4. The van der Waals surface area contributed by atoms with Gasteiger partial charge in [0.15, 0.2) is 0 Å². The Morgan fingerprint density at radius 2 is 1.14 bits per heavy atom. The van der Waals surface area contributed by atoms with E-state index >= 15 is 0 Å². The Hall–Kier alpha value is -1.61. The molecule has 0 bridgehead atoms. The number of rotatable bonds is 33. The van der Waals surface area contributed by atoms with Crippen LogP contribution in [0.5, 0.6) is 0 Å². The molecular formula is C41H75NO2. The topological polar surface area (TPSA) is 38.3 Å². The Morgan fingerprint density at radius 3 is 1.70 bits per heavy atom. The van der Waals surface area contributed by atoms with Gasteiger partial charge in [0.2, 0.25) is 0 Å². The van der Waals surface area contributed by atoms with Crippen LogP contribution >= 0.6 is 0 Å². The van der Waals surface area contributed by atoms with Crippen molar-refractivity contribution in [2.75, 3.05) is 13.6 Å². The van der Waals surface area contributed by atoms with Crippen LogP contribution in [0.4, 0.5) is 0 Å². The number of ether oxygens (including phenoxy) is 1. The molecule has 3 nitrogen and oxygen atoms in total. The first kappa shape index (κ1) is 42.4. The molecule has 1 N–H and O–H groups in total. The molecule has 0 amide bonds. The van der Waals surface area contributed by atoms with Crippen LogP contribution < -0.4 is 5.32 Å². The molecule has 0 heterocycles. The standard InChI is InChI=1S/C41H75NO2/c1-5-7-9-10-11-12-13-14-15-16-17-20-23-26-30-35-40(44-41(43)37-32-38-42-4)36-31-27-24-21-18-19-22-25-29-34-39(3)33-28-8-6-2/h11-12,14-15,25,29,33,40,42H,5-10,13,16-24,26-28,30-32,34-38H2,1-4H3/b12-11-,15-14-,29-25-,39-33+. The molecule has 0 aromatic heterocycles. The Kier molecular flexibility index (Phi) is 34.6. The molecule has 0 saturated heterocycles. The van der Waals surface area contributed by atoms with Gasteiger partial charge in [0.1, 0.15) is 6.10 Å². The van der Waals surface area contributed by atoms with Gasteiger partial charge in [-0.15, -0.1) is 0 Å². The summed E-state index contributed by atoms with van der Waals surface area (Å²) < 4.78 is 5.95. The highest BCUT2D eigenvalue weighted by molar-refractivity contribution is 5.69. The van der Waals surface area contributed by atoms with Crippen LogP contribution in [0.1, 0.15) is 188 Å². The molecule has 1 unspecified atom stereocenters. The normalized spacial score (nSPS) is 13.1. The minimum absolute atomic E-state index is 0.00691. The fourth-order valence-electron chi connectivity index (χ4n) is 5.46. The van der Waals surface area contributed by atoms with Crippen molar-refractivity contribution in [2.24, 2.45) is 0 Å². The zero-order valence-electron chi connectivity index (χ0n) is 30.0. The van der Waals surface area contributed by atoms with Crippen molar-refractivity contribution in [2.45, 2.75) is 194 Å². The maximum atomic E-state index is 12.4. The van der Waals surface area contributed by atoms with Crippen molar-refractivity contribution in [3.8, 4) is 0 Å². The summed E-state index contributed by atoms with van der Waals surface area (Å²) in [6.07, 6.45) is 47.6. The third-order valence-electron chi connectivity index (χ3n) is 8.39. The summed E-state index contributed by atoms with van der Waals surface area (Å²) in [7, 11) is 1.93. The second-order valence-corrected chi connectivity index (χ2v) is 12.9. The molecular weight excluding hydrogens is 538 g/mol. The van der Waals surface area contributed by atoms with E-state index in [-0.39, 0.29) is 12.1 Å². The van der Waals surface area contributed by atoms with E-state index in [1.807, 2.05) is 7.05 Å². The number of carbonyl (C=O) groups excluding carboxylic acids is 1. The molecule has 256 valence electrons. The van der Waals surface area contributed by atoms with Crippen LogP contribution in [0.25, 0.3) is 0 Å². The van der Waals surface area contributed by atoms with Crippen LogP contribution in [-0.4, -0.2) is 25.7 Å². The largest absolute Gasteiger partial charge is 0.462 e. The van der Waals surface area contributed by atoms with Crippen molar-refractivity contribution < 1.29 is 9.53 Å². The van der Waals surface area contributed by atoms with E-state index in [1.165, 1.54) is 134 Å². The van der Waals surface area contributed by atoms with Crippen molar-refractivity contribution in [3.05, 3.63) is 48.1 Å². The van der Waals surface area contributed by atoms with Gasteiger partial charge >= 0.3 is 5.97 Å². The molecule has 3 heteroatoms. The summed E-state index contributed by atoms with van der Waals surface area (Å²) in [6, 6.07) is 0. The van der Waals surface area contributed by atoms with Gasteiger partial charge in [-0.05, 0) is 110 Å². The van der Waals surface area contributed by atoms with E-state index in [4.69, 9.17) is 4.74 Å². The lowest BCUT2D eigenvalue weighted by atomic mass is 10.0. The van der Waals surface area contributed by atoms with Gasteiger partial charge in [0, 0.05) is 6.42 Å². The first-order valence-electron chi connectivity index (χ1n) is 19.1. The fourth-order valence-corrected chi connectivity index (χ4v) is 5.46. The highest BCUT2D eigenvalue weighted by atomic mass is 16.5. The Balaban J connectivity index is 4.02. The molecule has 0 aliphatic carbocycles. The Labute approximate surface area is 275 Å². The van der Waals surface area contributed by atoms with Gasteiger partial charge in [-0.3, -0.25) is 4.79 Å². The SMILES string of the molecule is CCCC/C=C(\C)C/C=C\CCCCCCCCC(CCCCCCC/C=C\C/C=C\CCCCC)OC(=O)CCCNC. The van der Waals surface area contributed by atoms with E-state index in [2.05, 4.69) is 68.6 Å². The highest BCUT2D eigenvalue weighted by Crippen LogP contribution is 2.18. The summed E-state index contributed by atoms with van der Waals surface area (Å²) in [6.45, 7) is 7.64. The van der Waals surface area contributed by atoms with Gasteiger partial charge in [-0.1, -0.05) is 133 Å². The van der Waals surface area contributed by atoms with Gasteiger partial charge in [0.25, 0.3) is 0 Å². The van der Waals surface area contributed by atoms with Gasteiger partial charge < -0.3 is 10.1 Å². The lowest BCUT2D eigenvalue weighted by Crippen LogP contribution is -2.19. The molecule has 0 saturated carbocycles. The van der Waals surface area contributed by atoms with E-state index in [9.17, 15) is 4.79 Å². The third-order valence-corrected chi connectivity index (χ3v) is 8.39. The average molecular weight is 614 g/mol. The lowest BCUT2D eigenvalue weighted by Gasteiger charge is -2.18. The van der Waals surface area contributed by atoms with Crippen LogP contribution in [0.15, 0.2) is 48.1 Å². The molecule has 44 heavy (non-hydrogen) atoms. The molecule has 1 atom stereocenters. The average Bonchev–Trinajstić information content (AvgIpc) is 3.01. The number of esters is 1. The Bertz CT molecular complexity index is 720. The first-order valence-corrected chi connectivity index (χ1v) is 19.1. The van der Waals surface area contributed by atoms with Gasteiger partial charge in [0.05, 0.1) is 0 Å². The Morgan fingerprint density at radius 1 is 0.614 bits per heavy atom. The predicted octanol–water partition coefficient (Wildman–Crippen LogP) is 12.9. The summed E-state index contributed by atoms with van der Waals surface area (Å²) >= 11 is 0. The van der Waals surface area contributed by atoms with E-state index < -0.39 is 0 Å². The third kappa shape index (κ3) is 33.3. The number of hydrogen-bond donors (Lipinski definition) is 1. The van der Waals surface area contributed by atoms with Crippen molar-refractivity contribution in [1.82, 2.24) is 5.32 Å². The van der Waals surface area contributed by atoms with E-state index in [1.54, 1.807) is 0 Å². The zero-order chi connectivity index (χ0) is 32.2. The zero-order valence-corrected chi connectivity index (χ0v) is 30.0. The molecule has 0 spiro atoms. The molecule has 0 aliphatic rings. The first-order chi connectivity index (χ1) is 21.6. The predicted molar refractivity (Wildman–Crippen MR) is 196 cm³/mol. The lowest BCUT2D eigenvalue weighted by molar-refractivity contribution is -0.150. The number of unbranched alkanes of at least 4 members (excludes halogenated alkanes) is 16. The summed E-state index contributed by atoms with van der Waals surface area (Å²) in [5.74, 6) is -0.00691. The van der Waals surface area contributed by atoms with Crippen LogP contribution in [0, 0.1) is 0 Å². The highest BCUT2D eigenvalue weighted by Gasteiger charge is 2.14. The van der Waals surface area contributed by atoms with Crippen LogP contribution in [0.2, 0.25) is 0 Å². The number of hydrogen-bond acceptors (Lipinski definition) is 3. The second-order valence-electron chi connectivity index (χ2n) is 12.9. The minimum Gasteiger partial charge on any atom is -0.462 e. The minimum atomic E-state index is -0.00691. The molecule has 0 radical (unpaired) electrons. The molecule has 0 fully saturated rings. The van der Waals surface area contributed by atoms with Crippen molar-refractivity contribution >= 4 is 5.97 Å². The summed E-state index contributed by atoms with van der Waals surface area (Å²) in [5, 5.41) is 3.12. The molecule has 0 rings (SSSR count). The van der Waals surface area contributed by atoms with Crippen molar-refractivity contribution in [1.29, 1.82) is 0 Å². The second kappa shape index (κ2) is 35.9. The van der Waals surface area contributed by atoms with Gasteiger partial charge in [-0.25, -0.2) is 0 Å². The molecule has 0 aromatic rings. The van der Waals surface area contributed by atoms with E-state index in [0.29, 0.717) is 6.42 Å². The quantitative estimate of drug-likeness (QED) is 0.0454. The summed E-state index contributed by atoms with van der Waals surface area (Å²) in [5.41, 5.74) is 1.51. The van der Waals surface area contributed by atoms with E-state index in [0.717, 1.165) is 38.6 Å². The fraction of sp³-hybridized carbons (Fsp3) is 0.780. The van der Waals surface area contributed by atoms with Gasteiger partial charge in [-0.2, -0.15) is 0 Å². The maximum absolute atomic E-state index is 12.4. The number of allylic oxidation sites excluding steroid dienone is 8. The monoisotopic (exact) mass is 614 g/mol. The number of nitrogens with one attached hydrogen (secondary N) is 1. The maximum Gasteiger partial charge on any atom is 0.306 e. The smallest absolute Gasteiger partial charge is 0.306 e. The van der Waals surface area contributed by atoms with Crippen molar-refractivity contribution in [3.63, 3.8) is 0 Å². The number of carbonyl (C=O) groups is 1. The van der Waals surface area contributed by atoms with Crippen LogP contribution in [-0.2, 0) is 9.53 Å². The van der Waals surface area contributed by atoms with Crippen LogP contribution in [0.3, 0.4) is 0 Å².